The molecule has 5 aromatic carbocycles. The molecule has 0 aromatic heterocycles. The summed E-state index contributed by atoms with van der Waals surface area (Å²) >= 11 is 0. The van der Waals surface area contributed by atoms with E-state index in [1.54, 1.807) is 0 Å². The van der Waals surface area contributed by atoms with Gasteiger partial charge in [-0.15, -0.1) is 0 Å². The third-order valence-corrected chi connectivity index (χ3v) is 13.0. The van der Waals surface area contributed by atoms with Gasteiger partial charge in [-0.05, 0) is 135 Å². The van der Waals surface area contributed by atoms with Crippen molar-refractivity contribution in [1.82, 2.24) is 0 Å². The first kappa shape index (κ1) is 30.8. The lowest BCUT2D eigenvalue weighted by Crippen LogP contribution is -2.61. The van der Waals surface area contributed by atoms with E-state index < -0.39 is 0 Å². The van der Waals surface area contributed by atoms with Gasteiger partial charge in [-0.25, -0.2) is 0 Å². The Morgan fingerprint density at radius 2 is 0.918 bits per heavy atom. The standard InChI is InChI=1S/C46H49BN2/c1-43(2)23-24-44(3,4)33-27-31(21-22-32(33)43)49-40-20-14-19-39-42(40)47(36-17-12-13-18-38(36)48(39)30-15-10-9-11-16-30)37-28-34-35(29-41(37)49)46(7,8)26-25-45(34,5)6/h9-22,27-29H,23-26H2,1-8H3. The number of anilines is 6. The fraction of sp³-hybridized carbons (Fsp3) is 0.348. The summed E-state index contributed by atoms with van der Waals surface area (Å²) in [6, 6.07) is 39.8. The van der Waals surface area contributed by atoms with Crippen LogP contribution >= 0.6 is 0 Å². The minimum atomic E-state index is 0.115. The summed E-state index contributed by atoms with van der Waals surface area (Å²) in [7, 11) is 0. The second kappa shape index (κ2) is 10.2. The van der Waals surface area contributed by atoms with Crippen LogP contribution in [0.25, 0.3) is 0 Å². The first-order chi connectivity index (χ1) is 23.3. The van der Waals surface area contributed by atoms with Crippen LogP contribution in [0.15, 0.2) is 103 Å². The maximum atomic E-state index is 2.64. The summed E-state index contributed by atoms with van der Waals surface area (Å²) in [5, 5.41) is 0. The molecule has 0 amide bonds. The lowest BCUT2D eigenvalue weighted by molar-refractivity contribution is 0.332. The second-order valence-electron chi connectivity index (χ2n) is 17.9. The molecular weight excluding hydrogens is 591 g/mol. The predicted molar refractivity (Wildman–Crippen MR) is 211 cm³/mol. The van der Waals surface area contributed by atoms with Crippen molar-refractivity contribution in [2.75, 3.05) is 9.80 Å². The molecule has 49 heavy (non-hydrogen) atoms. The molecule has 5 aromatic rings. The number of fused-ring (bicyclic) bond motifs is 6. The molecule has 0 radical (unpaired) electrons. The minimum absolute atomic E-state index is 0.115. The highest BCUT2D eigenvalue weighted by molar-refractivity contribution is 7.00. The van der Waals surface area contributed by atoms with Gasteiger partial charge in [0.1, 0.15) is 0 Å². The zero-order chi connectivity index (χ0) is 34.1. The Kier molecular flexibility index (Phi) is 6.38. The van der Waals surface area contributed by atoms with Crippen LogP contribution in [0.3, 0.4) is 0 Å². The second-order valence-corrected chi connectivity index (χ2v) is 17.9. The maximum absolute atomic E-state index is 2.64. The SMILES string of the molecule is CC1(C)CCC(C)(C)c2cc(N3c4cc5c(cc4B4c6ccccc6N(c6ccccc6)c6cccc3c64)C(C)(C)CCC5(C)C)ccc21. The highest BCUT2D eigenvalue weighted by Gasteiger charge is 2.46. The Bertz CT molecular complexity index is 2150. The number of para-hydroxylation sites is 2. The van der Waals surface area contributed by atoms with E-state index in [9.17, 15) is 0 Å². The molecule has 0 saturated heterocycles. The highest BCUT2D eigenvalue weighted by Crippen LogP contribution is 2.52. The van der Waals surface area contributed by atoms with Crippen molar-refractivity contribution in [3.8, 4) is 0 Å². The third kappa shape index (κ3) is 4.40. The van der Waals surface area contributed by atoms with Gasteiger partial charge in [0.25, 0.3) is 6.71 Å². The van der Waals surface area contributed by atoms with E-state index in [1.807, 2.05) is 0 Å². The van der Waals surface area contributed by atoms with Crippen molar-refractivity contribution in [2.24, 2.45) is 0 Å². The maximum Gasteiger partial charge on any atom is 0.252 e. The van der Waals surface area contributed by atoms with E-state index in [-0.39, 0.29) is 28.4 Å². The summed E-state index contributed by atoms with van der Waals surface area (Å²) in [5.74, 6) is 0. The molecule has 0 spiro atoms. The number of rotatable bonds is 2. The van der Waals surface area contributed by atoms with E-state index in [1.165, 1.54) is 98.4 Å². The van der Waals surface area contributed by atoms with E-state index in [4.69, 9.17) is 0 Å². The van der Waals surface area contributed by atoms with Crippen LogP contribution in [0.4, 0.5) is 34.1 Å². The Morgan fingerprint density at radius 3 is 1.57 bits per heavy atom. The van der Waals surface area contributed by atoms with Crippen molar-refractivity contribution in [1.29, 1.82) is 0 Å². The zero-order valence-corrected chi connectivity index (χ0v) is 30.6. The van der Waals surface area contributed by atoms with Gasteiger partial charge < -0.3 is 9.80 Å². The fourth-order valence-corrected chi connectivity index (χ4v) is 9.79. The van der Waals surface area contributed by atoms with Crippen molar-refractivity contribution in [3.63, 3.8) is 0 Å². The molecule has 2 aliphatic carbocycles. The van der Waals surface area contributed by atoms with Crippen molar-refractivity contribution < 1.29 is 0 Å². The lowest BCUT2D eigenvalue weighted by Gasteiger charge is -2.47. The van der Waals surface area contributed by atoms with Crippen molar-refractivity contribution >= 4 is 57.2 Å². The van der Waals surface area contributed by atoms with Gasteiger partial charge in [0.05, 0.1) is 0 Å². The number of benzene rings is 5. The Labute approximate surface area is 294 Å². The van der Waals surface area contributed by atoms with Gasteiger partial charge in [0.15, 0.2) is 0 Å². The highest BCUT2D eigenvalue weighted by atomic mass is 15.2. The molecular formula is C46H49BN2. The molecule has 0 N–H and O–H groups in total. The van der Waals surface area contributed by atoms with Crippen LogP contribution in [-0.2, 0) is 21.7 Å². The molecule has 0 atom stereocenters. The zero-order valence-electron chi connectivity index (χ0n) is 30.6. The summed E-state index contributed by atoms with van der Waals surface area (Å²) < 4.78 is 0. The summed E-state index contributed by atoms with van der Waals surface area (Å²) in [4.78, 5) is 5.13. The van der Waals surface area contributed by atoms with Gasteiger partial charge in [0.2, 0.25) is 0 Å². The van der Waals surface area contributed by atoms with Crippen LogP contribution in [-0.4, -0.2) is 6.71 Å². The number of hydrogen-bond acceptors (Lipinski definition) is 2. The topological polar surface area (TPSA) is 6.48 Å². The minimum Gasteiger partial charge on any atom is -0.311 e. The van der Waals surface area contributed by atoms with E-state index in [2.05, 4.69) is 168 Å². The van der Waals surface area contributed by atoms with Gasteiger partial charge in [-0.3, -0.25) is 0 Å². The van der Waals surface area contributed by atoms with Crippen LogP contribution in [0.1, 0.15) is 103 Å². The average Bonchev–Trinajstić information content (AvgIpc) is 3.08. The first-order valence-corrected chi connectivity index (χ1v) is 18.5. The van der Waals surface area contributed by atoms with Crippen LogP contribution in [0.5, 0.6) is 0 Å². The molecule has 0 bridgehead atoms. The predicted octanol–water partition coefficient (Wildman–Crippen LogP) is 10.5. The molecule has 246 valence electrons. The summed E-state index contributed by atoms with van der Waals surface area (Å²) in [6.07, 6.45) is 4.83. The smallest absolute Gasteiger partial charge is 0.252 e. The fourth-order valence-electron chi connectivity index (χ4n) is 9.79. The van der Waals surface area contributed by atoms with Crippen LogP contribution in [0, 0.1) is 0 Å². The van der Waals surface area contributed by atoms with E-state index >= 15 is 0 Å². The van der Waals surface area contributed by atoms with Gasteiger partial charge in [0, 0.05) is 34.1 Å². The monoisotopic (exact) mass is 640 g/mol. The quantitative estimate of drug-likeness (QED) is 0.174. The molecule has 2 heterocycles. The summed E-state index contributed by atoms with van der Waals surface area (Å²) in [5.41, 5.74) is 18.5. The van der Waals surface area contributed by atoms with E-state index in [0.29, 0.717) is 0 Å². The number of nitrogens with zero attached hydrogens (tertiary/aromatic N) is 2. The Balaban J connectivity index is 1.38. The largest absolute Gasteiger partial charge is 0.311 e. The summed E-state index contributed by atoms with van der Waals surface area (Å²) in [6.45, 7) is 19.8. The molecule has 0 unspecified atom stereocenters. The lowest BCUT2D eigenvalue weighted by atomic mass is 9.33. The van der Waals surface area contributed by atoms with Crippen LogP contribution in [0.2, 0.25) is 0 Å². The van der Waals surface area contributed by atoms with Crippen molar-refractivity contribution in [2.45, 2.75) is 103 Å². The van der Waals surface area contributed by atoms with Crippen molar-refractivity contribution in [3.05, 3.63) is 125 Å². The Hall–Kier alpha value is -4.24. The van der Waals surface area contributed by atoms with Gasteiger partial charge in [-0.2, -0.15) is 0 Å². The number of hydrogen-bond donors (Lipinski definition) is 0. The molecule has 0 saturated carbocycles. The van der Waals surface area contributed by atoms with E-state index in [0.717, 1.165) is 0 Å². The normalized spacial score (nSPS) is 20.0. The Morgan fingerprint density at radius 1 is 0.408 bits per heavy atom. The van der Waals surface area contributed by atoms with Gasteiger partial charge in [-0.1, -0.05) is 110 Å². The first-order valence-electron chi connectivity index (χ1n) is 18.5. The van der Waals surface area contributed by atoms with Gasteiger partial charge >= 0.3 is 0 Å². The molecule has 3 heteroatoms. The molecule has 0 fully saturated rings. The average molecular weight is 641 g/mol. The molecule has 4 aliphatic rings. The molecule has 9 rings (SSSR count). The molecule has 2 nitrogen and oxygen atoms in total. The molecule has 2 aliphatic heterocycles. The third-order valence-electron chi connectivity index (χ3n) is 13.0. The van der Waals surface area contributed by atoms with Crippen LogP contribution < -0.4 is 26.2 Å².